The number of alkyl halides is 6. The summed E-state index contributed by atoms with van der Waals surface area (Å²) < 4.78 is 79.7. The number of para-hydroxylation sites is 1. The van der Waals surface area contributed by atoms with Crippen molar-refractivity contribution in [2.45, 2.75) is 19.1 Å². The molecule has 4 nitrogen and oxygen atoms in total. The summed E-state index contributed by atoms with van der Waals surface area (Å²) in [4.78, 5) is 7.11. The first-order chi connectivity index (χ1) is 11.1. The van der Waals surface area contributed by atoms with Crippen LogP contribution in [-0.4, -0.2) is 16.3 Å². The van der Waals surface area contributed by atoms with Crippen LogP contribution in [-0.2, 0) is 12.7 Å². The summed E-state index contributed by atoms with van der Waals surface area (Å²) in [7, 11) is 0. The molecular formula is C13H8F6IN3O. The lowest BCUT2D eigenvalue weighted by Crippen LogP contribution is -2.19. The monoisotopic (exact) mass is 463 g/mol. The molecule has 0 amide bonds. The van der Waals surface area contributed by atoms with Gasteiger partial charge in [-0.2, -0.15) is 13.2 Å². The number of hydrogen-bond donors (Lipinski definition) is 1. The summed E-state index contributed by atoms with van der Waals surface area (Å²) in [6.07, 6.45) is -9.00. The Hall–Kier alpha value is -1.79. The lowest BCUT2D eigenvalue weighted by molar-refractivity contribution is -0.274. The van der Waals surface area contributed by atoms with Crippen molar-refractivity contribution in [2.75, 3.05) is 5.32 Å². The van der Waals surface area contributed by atoms with Crippen LogP contribution in [0.4, 0.5) is 32.2 Å². The van der Waals surface area contributed by atoms with Gasteiger partial charge in [0.25, 0.3) is 0 Å². The fraction of sp³-hybridized carbons (Fsp3) is 0.231. The Labute approximate surface area is 145 Å². The average Bonchev–Trinajstić information content (AvgIpc) is 2.43. The molecule has 1 N–H and O–H groups in total. The van der Waals surface area contributed by atoms with Gasteiger partial charge in [-0.05, 0) is 6.07 Å². The molecule has 0 saturated heterocycles. The van der Waals surface area contributed by atoms with Gasteiger partial charge in [-0.25, -0.2) is 9.97 Å². The van der Waals surface area contributed by atoms with Crippen LogP contribution in [0.15, 0.2) is 30.5 Å². The first-order valence-electron chi connectivity index (χ1n) is 6.23. The van der Waals surface area contributed by atoms with E-state index in [1.807, 2.05) is 0 Å². The second-order valence-corrected chi connectivity index (χ2v) is 5.37. The number of rotatable bonds is 4. The van der Waals surface area contributed by atoms with Crippen LogP contribution in [0.25, 0.3) is 0 Å². The first-order valence-corrected chi connectivity index (χ1v) is 7.31. The van der Waals surface area contributed by atoms with E-state index in [1.165, 1.54) is 18.2 Å². The summed E-state index contributed by atoms with van der Waals surface area (Å²) in [5, 5.41) is 2.38. The average molecular weight is 463 g/mol. The van der Waals surface area contributed by atoms with Crippen molar-refractivity contribution in [2.24, 2.45) is 0 Å². The maximum Gasteiger partial charge on any atom is 0.573 e. The molecule has 0 bridgehead atoms. The maximum absolute atomic E-state index is 12.9. The van der Waals surface area contributed by atoms with E-state index in [0.29, 0.717) is 6.20 Å². The maximum atomic E-state index is 12.9. The molecule has 11 heteroatoms. The number of nitrogens with zero attached hydrogens (tertiary/aromatic N) is 2. The SMILES string of the molecule is FC(F)(F)Oc1ccccc1CNc1nc(I)ncc1C(F)(F)F. The number of ether oxygens (including phenoxy) is 1. The lowest BCUT2D eigenvalue weighted by Gasteiger charge is -2.16. The molecule has 2 aromatic rings. The summed E-state index contributed by atoms with van der Waals surface area (Å²) >= 11 is 1.63. The van der Waals surface area contributed by atoms with E-state index in [9.17, 15) is 26.3 Å². The fourth-order valence-electron chi connectivity index (χ4n) is 1.76. The molecule has 0 aliphatic carbocycles. The fourth-order valence-corrected chi connectivity index (χ4v) is 2.14. The number of aromatic nitrogens is 2. The topological polar surface area (TPSA) is 47.0 Å². The summed E-state index contributed by atoms with van der Waals surface area (Å²) in [6, 6.07) is 5.13. The van der Waals surface area contributed by atoms with E-state index >= 15 is 0 Å². The van der Waals surface area contributed by atoms with E-state index in [2.05, 4.69) is 20.0 Å². The second kappa shape index (κ2) is 6.99. The Morgan fingerprint density at radius 2 is 1.75 bits per heavy atom. The molecule has 130 valence electrons. The van der Waals surface area contributed by atoms with Crippen LogP contribution in [0.2, 0.25) is 0 Å². The molecule has 0 aliphatic heterocycles. The highest BCUT2D eigenvalue weighted by atomic mass is 127. The summed E-state index contributed by atoms with van der Waals surface area (Å²) in [5.41, 5.74) is -1.09. The van der Waals surface area contributed by atoms with Crippen LogP contribution >= 0.6 is 22.6 Å². The van der Waals surface area contributed by atoms with Gasteiger partial charge < -0.3 is 10.1 Å². The molecule has 2 rings (SSSR count). The Balaban J connectivity index is 2.25. The lowest BCUT2D eigenvalue weighted by atomic mass is 10.2. The highest BCUT2D eigenvalue weighted by Crippen LogP contribution is 2.34. The first kappa shape index (κ1) is 18.5. The molecule has 1 aromatic carbocycles. The molecule has 0 radical (unpaired) electrons. The van der Waals surface area contributed by atoms with E-state index < -0.39 is 29.7 Å². The quantitative estimate of drug-likeness (QED) is 0.409. The van der Waals surface area contributed by atoms with Crippen LogP contribution in [0.3, 0.4) is 0 Å². The molecule has 1 aromatic heterocycles. The Morgan fingerprint density at radius 3 is 2.38 bits per heavy atom. The van der Waals surface area contributed by atoms with E-state index in [-0.39, 0.29) is 15.9 Å². The minimum atomic E-state index is -4.91. The van der Waals surface area contributed by atoms with Gasteiger partial charge in [0.1, 0.15) is 17.1 Å². The van der Waals surface area contributed by atoms with Crippen molar-refractivity contribution in [3.63, 3.8) is 0 Å². The van der Waals surface area contributed by atoms with Gasteiger partial charge in [0, 0.05) is 40.9 Å². The number of nitrogens with one attached hydrogen (secondary N) is 1. The van der Waals surface area contributed by atoms with Gasteiger partial charge in [-0.3, -0.25) is 0 Å². The zero-order valence-corrected chi connectivity index (χ0v) is 13.7. The van der Waals surface area contributed by atoms with Crippen molar-refractivity contribution in [3.8, 4) is 5.75 Å². The van der Waals surface area contributed by atoms with Crippen LogP contribution < -0.4 is 10.1 Å². The van der Waals surface area contributed by atoms with E-state index in [1.54, 1.807) is 22.6 Å². The molecule has 1 heterocycles. The van der Waals surface area contributed by atoms with Crippen molar-refractivity contribution in [1.29, 1.82) is 0 Å². The number of benzene rings is 1. The van der Waals surface area contributed by atoms with Crippen molar-refractivity contribution < 1.29 is 31.1 Å². The summed E-state index contributed by atoms with van der Waals surface area (Å²) in [6.45, 7) is -0.345. The molecular weight excluding hydrogens is 455 g/mol. The van der Waals surface area contributed by atoms with Gasteiger partial charge in [-0.15, -0.1) is 13.2 Å². The zero-order valence-electron chi connectivity index (χ0n) is 11.5. The normalized spacial score (nSPS) is 12.1. The Kier molecular flexibility index (Phi) is 5.40. The Bertz CT molecular complexity index is 720. The third-order valence-electron chi connectivity index (χ3n) is 2.71. The molecule has 0 fully saturated rings. The molecule has 0 spiro atoms. The highest BCUT2D eigenvalue weighted by Gasteiger charge is 2.35. The molecule has 0 atom stereocenters. The van der Waals surface area contributed by atoms with Gasteiger partial charge in [-0.1, -0.05) is 18.2 Å². The van der Waals surface area contributed by atoms with E-state index in [0.717, 1.165) is 6.07 Å². The van der Waals surface area contributed by atoms with Gasteiger partial charge in [0.2, 0.25) is 0 Å². The number of hydrogen-bond acceptors (Lipinski definition) is 4. The van der Waals surface area contributed by atoms with Crippen LogP contribution in [0.5, 0.6) is 5.75 Å². The Morgan fingerprint density at radius 1 is 1.08 bits per heavy atom. The second-order valence-electron chi connectivity index (χ2n) is 4.41. The van der Waals surface area contributed by atoms with Crippen molar-refractivity contribution in [1.82, 2.24) is 9.97 Å². The molecule has 0 unspecified atom stereocenters. The van der Waals surface area contributed by atoms with Gasteiger partial charge in [0.15, 0.2) is 3.83 Å². The minimum absolute atomic E-state index is 0.0246. The third kappa shape index (κ3) is 5.11. The standard InChI is InChI=1S/C13H8F6IN3O/c14-12(15,16)8-6-22-11(20)23-10(8)21-5-7-3-1-2-4-9(7)24-13(17,18)19/h1-4,6H,5H2,(H,21,22,23). The number of anilines is 1. The van der Waals surface area contributed by atoms with Gasteiger partial charge >= 0.3 is 12.5 Å². The smallest absolute Gasteiger partial charge is 0.405 e. The molecule has 24 heavy (non-hydrogen) atoms. The summed E-state index contributed by atoms with van der Waals surface area (Å²) in [5.74, 6) is -1.03. The van der Waals surface area contributed by atoms with Crippen LogP contribution in [0.1, 0.15) is 11.1 Å². The predicted octanol–water partition coefficient (Wildman–Crippen LogP) is 4.61. The predicted molar refractivity (Wildman–Crippen MR) is 80.2 cm³/mol. The van der Waals surface area contributed by atoms with E-state index in [4.69, 9.17) is 0 Å². The zero-order chi connectivity index (χ0) is 18.0. The van der Waals surface area contributed by atoms with Crippen LogP contribution in [0, 0.1) is 3.83 Å². The largest absolute Gasteiger partial charge is 0.573 e. The molecule has 0 aliphatic rings. The highest BCUT2D eigenvalue weighted by molar-refractivity contribution is 14.1. The number of halogens is 7. The van der Waals surface area contributed by atoms with Gasteiger partial charge in [0.05, 0.1) is 0 Å². The third-order valence-corrected chi connectivity index (χ3v) is 3.23. The minimum Gasteiger partial charge on any atom is -0.405 e. The molecule has 0 saturated carbocycles. The van der Waals surface area contributed by atoms with Crippen molar-refractivity contribution in [3.05, 3.63) is 45.4 Å². The van der Waals surface area contributed by atoms with Crippen molar-refractivity contribution >= 4 is 28.4 Å².